The van der Waals surface area contributed by atoms with Crippen LogP contribution in [0.3, 0.4) is 0 Å². The van der Waals surface area contributed by atoms with Crippen molar-refractivity contribution < 1.29 is 17.6 Å². The van der Waals surface area contributed by atoms with E-state index in [4.69, 9.17) is 0 Å². The van der Waals surface area contributed by atoms with Gasteiger partial charge in [-0.05, 0) is 39.2 Å². The van der Waals surface area contributed by atoms with Crippen molar-refractivity contribution in [3.8, 4) is 0 Å². The third-order valence-electron chi connectivity index (χ3n) is 6.89. The minimum absolute atomic E-state index is 0.187. The van der Waals surface area contributed by atoms with Crippen LogP contribution in [0.5, 0.6) is 0 Å². The first-order valence-corrected chi connectivity index (χ1v) is 11.4. The summed E-state index contributed by atoms with van der Waals surface area (Å²) in [5, 5.41) is 8.26. The molecule has 1 fully saturated rings. The predicted molar refractivity (Wildman–Crippen MR) is 122 cm³/mol. The van der Waals surface area contributed by atoms with Crippen molar-refractivity contribution in [2.45, 2.75) is 58.2 Å². The van der Waals surface area contributed by atoms with Crippen molar-refractivity contribution in [3.63, 3.8) is 0 Å². The number of fused-ring (bicyclic) bond motifs is 1. The van der Waals surface area contributed by atoms with Gasteiger partial charge in [-0.15, -0.1) is 0 Å². The predicted octanol–water partition coefficient (Wildman–Crippen LogP) is 4.07. The summed E-state index contributed by atoms with van der Waals surface area (Å²) in [6, 6.07) is 5.59. The molecule has 1 atom stereocenters. The van der Waals surface area contributed by atoms with E-state index in [1.807, 2.05) is 19.9 Å². The summed E-state index contributed by atoms with van der Waals surface area (Å²) in [5.74, 6) is -0.884. The minimum Gasteiger partial charge on any atom is -0.381 e. The maximum Gasteiger partial charge on any atom is 0.266 e. The quantitative estimate of drug-likeness (QED) is 0.635. The second-order valence-corrected chi connectivity index (χ2v) is 8.96. The van der Waals surface area contributed by atoms with Gasteiger partial charge < -0.3 is 15.5 Å². The molecule has 0 amide bonds. The Hall–Kier alpha value is -2.77. The van der Waals surface area contributed by atoms with Gasteiger partial charge in [0.15, 0.2) is 0 Å². The van der Waals surface area contributed by atoms with Crippen LogP contribution in [0, 0.1) is 5.82 Å². The van der Waals surface area contributed by atoms with Crippen LogP contribution in [0.15, 0.2) is 30.5 Å². The summed E-state index contributed by atoms with van der Waals surface area (Å²) in [6.07, 6.45) is 0.426. The lowest BCUT2D eigenvalue weighted by atomic mass is 9.90. The Kier molecular flexibility index (Phi) is 6.54. The molecule has 8 heteroatoms. The number of aromatic nitrogens is 1. The second kappa shape index (κ2) is 9.23. The van der Waals surface area contributed by atoms with E-state index < -0.39 is 29.5 Å². The summed E-state index contributed by atoms with van der Waals surface area (Å²) in [7, 11) is 0. The monoisotopic (exact) mass is 462 g/mol. The number of alkyl halides is 3. The topological polar surface area (TPSA) is 40.2 Å². The molecule has 0 aliphatic carbocycles. The first-order valence-electron chi connectivity index (χ1n) is 11.4. The van der Waals surface area contributed by atoms with Gasteiger partial charge in [0.25, 0.3) is 6.43 Å². The number of hydrogen-bond acceptors (Lipinski definition) is 4. The van der Waals surface area contributed by atoms with E-state index in [9.17, 15) is 17.6 Å². The molecule has 2 aliphatic rings. The Morgan fingerprint density at radius 2 is 1.91 bits per heavy atom. The molecule has 0 radical (unpaired) electrons. The van der Waals surface area contributed by atoms with Crippen LogP contribution < -0.4 is 26.1 Å². The third kappa shape index (κ3) is 4.66. The zero-order chi connectivity index (χ0) is 23.8. The smallest absolute Gasteiger partial charge is 0.266 e. The van der Waals surface area contributed by atoms with Gasteiger partial charge in [0.2, 0.25) is 0 Å². The summed E-state index contributed by atoms with van der Waals surface area (Å²) in [4.78, 5) is 6.79. The summed E-state index contributed by atoms with van der Waals surface area (Å²) in [5.41, 5.74) is 1.14. The standard InChI is InChI=1S/C25H30F4N4/c1-4-25(29)8-10-33(11-9-25)17-12-20-21(14-30-16(3)23(20)31-13-17)32-15(2)18-6-5-7-19(22(18)26)24(27)28/h5-7,12-13,15,24,30,32H,4,8-11,14H2,1-3H3/t15-/m1/s1. The highest BCUT2D eigenvalue weighted by Crippen LogP contribution is 2.31. The molecule has 4 nitrogen and oxygen atoms in total. The molecule has 0 saturated carbocycles. The highest BCUT2D eigenvalue weighted by molar-refractivity contribution is 5.58. The Bertz CT molecular complexity index is 1140. The molecule has 2 aliphatic heterocycles. The van der Waals surface area contributed by atoms with Gasteiger partial charge in [-0.1, -0.05) is 25.1 Å². The molecule has 0 spiro atoms. The lowest BCUT2D eigenvalue weighted by Gasteiger charge is -2.37. The summed E-state index contributed by atoms with van der Waals surface area (Å²) in [6.45, 7) is 7.30. The molecule has 0 bridgehead atoms. The van der Waals surface area contributed by atoms with Gasteiger partial charge in [0.1, 0.15) is 11.5 Å². The van der Waals surface area contributed by atoms with Gasteiger partial charge in [-0.2, -0.15) is 0 Å². The van der Waals surface area contributed by atoms with E-state index >= 15 is 0 Å². The molecule has 2 N–H and O–H groups in total. The number of halogens is 4. The van der Waals surface area contributed by atoms with Crippen LogP contribution >= 0.6 is 0 Å². The van der Waals surface area contributed by atoms with Crippen LogP contribution in [0.1, 0.15) is 63.6 Å². The molecule has 0 unspecified atom stereocenters. The van der Waals surface area contributed by atoms with Crippen molar-refractivity contribution in [2.24, 2.45) is 0 Å². The number of piperidine rings is 1. The minimum atomic E-state index is -2.87. The van der Waals surface area contributed by atoms with Crippen molar-refractivity contribution >= 4 is 17.1 Å². The average molecular weight is 463 g/mol. The van der Waals surface area contributed by atoms with Crippen molar-refractivity contribution in [1.29, 1.82) is 0 Å². The van der Waals surface area contributed by atoms with Gasteiger partial charge in [0.05, 0.1) is 35.4 Å². The van der Waals surface area contributed by atoms with Gasteiger partial charge in [-0.3, -0.25) is 4.98 Å². The van der Waals surface area contributed by atoms with Gasteiger partial charge in [0, 0.05) is 35.3 Å². The number of rotatable bonds is 6. The van der Waals surface area contributed by atoms with Crippen LogP contribution in [-0.4, -0.2) is 30.3 Å². The summed E-state index contributed by atoms with van der Waals surface area (Å²) >= 11 is 0. The lowest BCUT2D eigenvalue weighted by molar-refractivity contribution is 0.120. The first kappa shape index (κ1) is 23.4. The van der Waals surface area contributed by atoms with E-state index in [1.165, 1.54) is 12.1 Å². The molecule has 33 heavy (non-hydrogen) atoms. The Morgan fingerprint density at radius 3 is 2.58 bits per heavy atom. The molecular formula is C25H30F4N4. The maximum atomic E-state index is 14.7. The summed E-state index contributed by atoms with van der Waals surface area (Å²) < 4.78 is 55.6. The Balaban J connectivity index is 1.67. The largest absolute Gasteiger partial charge is 0.381 e. The number of benzene rings is 1. The van der Waals surface area contributed by atoms with E-state index in [-0.39, 0.29) is 5.56 Å². The fraction of sp³-hybridized carbons (Fsp3) is 0.480. The van der Waals surface area contributed by atoms with Crippen LogP contribution in [0.2, 0.25) is 0 Å². The Morgan fingerprint density at radius 1 is 1.21 bits per heavy atom. The third-order valence-corrected chi connectivity index (χ3v) is 6.89. The number of nitrogens with one attached hydrogen (secondary N) is 2. The zero-order valence-electron chi connectivity index (χ0n) is 19.2. The molecule has 1 aromatic carbocycles. The molecule has 3 heterocycles. The number of anilines is 1. The average Bonchev–Trinajstić information content (AvgIpc) is 2.81. The zero-order valence-corrected chi connectivity index (χ0v) is 19.2. The Labute approximate surface area is 191 Å². The van der Waals surface area contributed by atoms with Crippen molar-refractivity contribution in [3.05, 3.63) is 58.0 Å². The molecular weight excluding hydrogens is 432 g/mol. The van der Waals surface area contributed by atoms with E-state index in [0.29, 0.717) is 38.9 Å². The molecule has 178 valence electrons. The SMILES string of the molecule is CCC1(F)CCN(c2cnc3c(c2)=C(N[C@H](C)c2cccc(C(F)F)c2F)CNC=3C)CC1. The van der Waals surface area contributed by atoms with Gasteiger partial charge in [-0.25, -0.2) is 17.6 Å². The highest BCUT2D eigenvalue weighted by Gasteiger charge is 2.33. The number of hydrogen-bond donors (Lipinski definition) is 2. The fourth-order valence-electron chi connectivity index (χ4n) is 4.61. The van der Waals surface area contributed by atoms with Crippen LogP contribution in [0.25, 0.3) is 11.4 Å². The van der Waals surface area contributed by atoms with Crippen molar-refractivity contribution in [2.75, 3.05) is 24.5 Å². The lowest BCUT2D eigenvalue weighted by Crippen LogP contribution is -2.47. The normalized spacial score (nSPS) is 18.7. The molecule has 4 rings (SSSR count). The maximum absolute atomic E-state index is 14.7. The second-order valence-electron chi connectivity index (χ2n) is 8.96. The van der Waals surface area contributed by atoms with Crippen LogP contribution in [0.4, 0.5) is 23.2 Å². The highest BCUT2D eigenvalue weighted by atomic mass is 19.3. The number of nitrogens with zero attached hydrogens (tertiary/aromatic N) is 2. The number of pyridine rings is 1. The molecule has 1 saturated heterocycles. The van der Waals surface area contributed by atoms with E-state index in [1.54, 1.807) is 13.1 Å². The molecule has 1 aromatic heterocycles. The molecule has 2 aromatic rings. The van der Waals surface area contributed by atoms with Crippen molar-refractivity contribution in [1.82, 2.24) is 15.6 Å². The van der Waals surface area contributed by atoms with Gasteiger partial charge >= 0.3 is 0 Å². The fourth-order valence-corrected chi connectivity index (χ4v) is 4.61. The first-order chi connectivity index (χ1) is 15.7. The van der Waals surface area contributed by atoms with E-state index in [2.05, 4.69) is 20.5 Å². The van der Waals surface area contributed by atoms with E-state index in [0.717, 1.165) is 33.7 Å². The van der Waals surface area contributed by atoms with Crippen LogP contribution in [-0.2, 0) is 0 Å².